The molecule has 1 amide bonds. The summed E-state index contributed by atoms with van der Waals surface area (Å²) in [7, 11) is 1.49. The van der Waals surface area contributed by atoms with Gasteiger partial charge in [-0.25, -0.2) is 4.79 Å². The lowest BCUT2D eigenvalue weighted by atomic mass is 10.1. The maximum Gasteiger partial charge on any atom is 0.326 e. The fraction of sp³-hybridized carbons (Fsp3) is 0.583. The predicted octanol–water partition coefficient (Wildman–Crippen LogP) is -0.145. The Morgan fingerprint density at radius 2 is 2.11 bits per heavy atom. The van der Waals surface area contributed by atoms with E-state index in [1.807, 2.05) is 0 Å². The Balaban J connectivity index is 4.59. The van der Waals surface area contributed by atoms with Gasteiger partial charge in [0.1, 0.15) is 17.7 Å². The van der Waals surface area contributed by atoms with Crippen molar-refractivity contribution in [2.45, 2.75) is 19.9 Å². The SMILES string of the molecule is COCCNC(=O)/C(C#N)=C\NC(C(=O)O)C(C)C. The highest BCUT2D eigenvalue weighted by molar-refractivity contribution is 5.97. The van der Waals surface area contributed by atoms with E-state index in [2.05, 4.69) is 10.6 Å². The average molecular weight is 269 g/mol. The molecule has 0 rings (SSSR count). The Bertz CT molecular complexity index is 385. The number of nitrogens with one attached hydrogen (secondary N) is 2. The topological polar surface area (TPSA) is 111 Å². The molecule has 19 heavy (non-hydrogen) atoms. The van der Waals surface area contributed by atoms with E-state index >= 15 is 0 Å². The van der Waals surface area contributed by atoms with Crippen molar-refractivity contribution < 1.29 is 19.4 Å². The van der Waals surface area contributed by atoms with Crippen LogP contribution in [0.4, 0.5) is 0 Å². The van der Waals surface area contributed by atoms with Crippen molar-refractivity contribution in [3.05, 3.63) is 11.8 Å². The second-order valence-electron chi connectivity index (χ2n) is 4.15. The molecule has 0 bridgehead atoms. The maximum atomic E-state index is 11.6. The minimum Gasteiger partial charge on any atom is -0.480 e. The van der Waals surface area contributed by atoms with Crippen LogP contribution in [0, 0.1) is 17.2 Å². The fourth-order valence-electron chi connectivity index (χ4n) is 1.23. The van der Waals surface area contributed by atoms with Crippen molar-refractivity contribution in [3.8, 4) is 6.07 Å². The molecule has 1 atom stereocenters. The summed E-state index contributed by atoms with van der Waals surface area (Å²) < 4.78 is 4.76. The third-order valence-corrected chi connectivity index (χ3v) is 2.30. The minimum atomic E-state index is -1.04. The number of carboxylic acid groups (broad SMARTS) is 1. The van der Waals surface area contributed by atoms with Crippen molar-refractivity contribution in [2.24, 2.45) is 5.92 Å². The van der Waals surface area contributed by atoms with Crippen LogP contribution in [0.1, 0.15) is 13.8 Å². The number of carbonyl (C=O) groups excluding carboxylic acids is 1. The molecule has 0 saturated heterocycles. The Kier molecular flexibility index (Phi) is 7.97. The average Bonchev–Trinajstić information content (AvgIpc) is 2.33. The molecule has 0 aliphatic heterocycles. The van der Waals surface area contributed by atoms with E-state index in [0.29, 0.717) is 6.61 Å². The quantitative estimate of drug-likeness (QED) is 0.321. The molecule has 0 saturated carbocycles. The van der Waals surface area contributed by atoms with Gasteiger partial charge < -0.3 is 20.5 Å². The van der Waals surface area contributed by atoms with Crippen LogP contribution in [0.25, 0.3) is 0 Å². The molecule has 0 heterocycles. The Labute approximate surface area is 112 Å². The zero-order valence-electron chi connectivity index (χ0n) is 11.3. The molecule has 3 N–H and O–H groups in total. The number of nitrogens with zero attached hydrogens (tertiary/aromatic N) is 1. The van der Waals surface area contributed by atoms with E-state index in [4.69, 9.17) is 15.1 Å². The number of aliphatic carboxylic acids is 1. The lowest BCUT2D eigenvalue weighted by molar-refractivity contribution is -0.140. The molecule has 0 aromatic heterocycles. The Hall–Kier alpha value is -2.07. The van der Waals surface area contributed by atoms with E-state index < -0.39 is 17.9 Å². The van der Waals surface area contributed by atoms with E-state index in [9.17, 15) is 9.59 Å². The molecule has 106 valence electrons. The van der Waals surface area contributed by atoms with Gasteiger partial charge in [0.05, 0.1) is 6.61 Å². The second kappa shape index (κ2) is 8.94. The van der Waals surface area contributed by atoms with Crippen LogP contribution in [0.15, 0.2) is 11.8 Å². The van der Waals surface area contributed by atoms with Gasteiger partial charge in [0.2, 0.25) is 0 Å². The summed E-state index contributed by atoms with van der Waals surface area (Å²) in [6.45, 7) is 4.07. The van der Waals surface area contributed by atoms with Crippen molar-refractivity contribution in [1.82, 2.24) is 10.6 Å². The van der Waals surface area contributed by atoms with Crippen molar-refractivity contribution in [1.29, 1.82) is 5.26 Å². The normalized spacial score (nSPS) is 12.7. The first-order chi connectivity index (χ1) is 8.93. The van der Waals surface area contributed by atoms with Gasteiger partial charge in [0, 0.05) is 19.9 Å². The molecule has 7 nitrogen and oxygen atoms in total. The van der Waals surface area contributed by atoms with E-state index in [0.717, 1.165) is 6.20 Å². The summed E-state index contributed by atoms with van der Waals surface area (Å²) in [5.41, 5.74) is -0.178. The van der Waals surface area contributed by atoms with Gasteiger partial charge in [-0.3, -0.25) is 4.79 Å². The zero-order valence-corrected chi connectivity index (χ0v) is 11.3. The maximum absolute atomic E-state index is 11.6. The molecule has 0 aliphatic rings. The van der Waals surface area contributed by atoms with Crippen molar-refractivity contribution in [2.75, 3.05) is 20.3 Å². The standard InChI is InChI=1S/C12H19N3O4/c1-8(2)10(12(17)18)15-7-9(6-13)11(16)14-4-5-19-3/h7-8,10,15H,4-5H2,1-3H3,(H,14,16)(H,17,18)/b9-7-. The number of rotatable bonds is 8. The number of ether oxygens (including phenoxy) is 1. The fourth-order valence-corrected chi connectivity index (χ4v) is 1.23. The van der Waals surface area contributed by atoms with E-state index in [-0.39, 0.29) is 18.0 Å². The van der Waals surface area contributed by atoms with E-state index in [1.54, 1.807) is 19.9 Å². The predicted molar refractivity (Wildman–Crippen MR) is 68.0 cm³/mol. The van der Waals surface area contributed by atoms with Gasteiger partial charge in [-0.05, 0) is 5.92 Å². The first kappa shape index (κ1) is 16.9. The number of methoxy groups -OCH3 is 1. The highest BCUT2D eigenvalue weighted by atomic mass is 16.5. The van der Waals surface area contributed by atoms with Gasteiger partial charge in [-0.15, -0.1) is 0 Å². The van der Waals surface area contributed by atoms with Crippen LogP contribution in [0.2, 0.25) is 0 Å². The number of carboxylic acids is 1. The third kappa shape index (κ3) is 6.43. The summed E-state index contributed by atoms with van der Waals surface area (Å²) in [4.78, 5) is 22.5. The number of hydrogen-bond donors (Lipinski definition) is 3. The van der Waals surface area contributed by atoms with Gasteiger partial charge >= 0.3 is 5.97 Å². The van der Waals surface area contributed by atoms with Crippen LogP contribution in [-0.2, 0) is 14.3 Å². The van der Waals surface area contributed by atoms with Crippen molar-refractivity contribution in [3.63, 3.8) is 0 Å². The second-order valence-corrected chi connectivity index (χ2v) is 4.15. The number of nitriles is 1. The summed E-state index contributed by atoms with van der Waals surface area (Å²) in [5.74, 6) is -1.78. The van der Waals surface area contributed by atoms with Gasteiger partial charge in [0.15, 0.2) is 0 Å². The van der Waals surface area contributed by atoms with Gasteiger partial charge in [-0.1, -0.05) is 13.8 Å². The van der Waals surface area contributed by atoms with Crippen LogP contribution in [0.5, 0.6) is 0 Å². The first-order valence-electron chi connectivity index (χ1n) is 5.80. The van der Waals surface area contributed by atoms with E-state index in [1.165, 1.54) is 7.11 Å². The molecular formula is C12H19N3O4. The number of hydrogen-bond acceptors (Lipinski definition) is 5. The van der Waals surface area contributed by atoms with Gasteiger partial charge in [0.25, 0.3) is 5.91 Å². The lowest BCUT2D eigenvalue weighted by Gasteiger charge is -2.16. The Morgan fingerprint density at radius 1 is 1.47 bits per heavy atom. The third-order valence-electron chi connectivity index (χ3n) is 2.30. The number of amides is 1. The highest BCUT2D eigenvalue weighted by Crippen LogP contribution is 2.02. The monoisotopic (exact) mass is 269 g/mol. The molecule has 1 unspecified atom stereocenters. The molecule has 0 aromatic rings. The molecule has 0 radical (unpaired) electrons. The lowest BCUT2D eigenvalue weighted by Crippen LogP contribution is -2.38. The molecule has 7 heteroatoms. The molecular weight excluding hydrogens is 250 g/mol. The zero-order chi connectivity index (χ0) is 14.8. The van der Waals surface area contributed by atoms with Crippen LogP contribution >= 0.6 is 0 Å². The molecule has 0 aliphatic carbocycles. The van der Waals surface area contributed by atoms with Crippen LogP contribution in [-0.4, -0.2) is 43.3 Å². The summed E-state index contributed by atoms with van der Waals surface area (Å²) in [6, 6.07) is 0.863. The molecule has 0 spiro atoms. The number of carbonyl (C=O) groups is 2. The van der Waals surface area contributed by atoms with Gasteiger partial charge in [-0.2, -0.15) is 5.26 Å². The largest absolute Gasteiger partial charge is 0.480 e. The highest BCUT2D eigenvalue weighted by Gasteiger charge is 2.20. The van der Waals surface area contributed by atoms with Crippen LogP contribution < -0.4 is 10.6 Å². The van der Waals surface area contributed by atoms with Crippen LogP contribution in [0.3, 0.4) is 0 Å². The summed E-state index contributed by atoms with van der Waals surface area (Å²) >= 11 is 0. The summed E-state index contributed by atoms with van der Waals surface area (Å²) in [6.07, 6.45) is 1.13. The summed E-state index contributed by atoms with van der Waals surface area (Å²) in [5, 5.41) is 22.8. The molecule has 0 fully saturated rings. The Morgan fingerprint density at radius 3 is 2.53 bits per heavy atom. The minimum absolute atomic E-state index is 0.176. The first-order valence-corrected chi connectivity index (χ1v) is 5.80. The molecule has 0 aromatic carbocycles. The smallest absolute Gasteiger partial charge is 0.326 e. The van der Waals surface area contributed by atoms with Crippen molar-refractivity contribution >= 4 is 11.9 Å².